The first kappa shape index (κ1) is 14.4. The summed E-state index contributed by atoms with van der Waals surface area (Å²) in [6.45, 7) is 0. The molecule has 1 amide bonds. The lowest BCUT2D eigenvalue weighted by Gasteiger charge is -2.14. The van der Waals surface area contributed by atoms with Gasteiger partial charge in [0.05, 0.1) is 16.8 Å². The Morgan fingerprint density at radius 3 is 2.57 bits per heavy atom. The third-order valence-electron chi connectivity index (χ3n) is 3.71. The lowest BCUT2D eigenvalue weighted by molar-refractivity contribution is -0.117. The molecule has 0 aliphatic carbocycles. The van der Waals surface area contributed by atoms with Crippen LogP contribution < -0.4 is 4.90 Å². The van der Waals surface area contributed by atoms with Gasteiger partial charge >= 0.3 is 0 Å². The molecule has 3 rings (SSSR count). The Labute approximate surface area is 132 Å². The van der Waals surface area contributed by atoms with E-state index in [9.17, 15) is 9.18 Å². The smallest absolute Gasteiger partial charge is 0.231 e. The van der Waals surface area contributed by atoms with Gasteiger partial charge in [0.15, 0.2) is 0 Å². The van der Waals surface area contributed by atoms with Gasteiger partial charge in [-0.15, -0.1) is 11.6 Å². The van der Waals surface area contributed by atoms with Crippen molar-refractivity contribution in [3.05, 3.63) is 63.9 Å². The maximum absolute atomic E-state index is 13.5. The van der Waals surface area contributed by atoms with Crippen LogP contribution in [0, 0.1) is 5.82 Å². The summed E-state index contributed by atoms with van der Waals surface area (Å²) in [6, 6.07) is 10.2. The average Bonchev–Trinajstić information content (AvgIpc) is 2.76. The molecule has 1 aliphatic rings. The number of carbonyl (C=O) groups excluding carboxylic acids is 1. The molecule has 21 heavy (non-hydrogen) atoms. The maximum Gasteiger partial charge on any atom is 0.231 e. The summed E-state index contributed by atoms with van der Waals surface area (Å²) in [7, 11) is 1.75. The van der Waals surface area contributed by atoms with Crippen molar-refractivity contribution in [1.29, 1.82) is 0 Å². The summed E-state index contributed by atoms with van der Waals surface area (Å²) >= 11 is 12.1. The Hall–Kier alpha value is -1.58. The molecule has 0 spiro atoms. The van der Waals surface area contributed by atoms with Crippen LogP contribution in [0.25, 0.3) is 0 Å². The fourth-order valence-electron chi connectivity index (χ4n) is 2.51. The van der Waals surface area contributed by atoms with Crippen molar-refractivity contribution in [1.82, 2.24) is 0 Å². The zero-order chi connectivity index (χ0) is 15.1. The number of halogens is 3. The molecule has 1 atom stereocenters. The summed E-state index contributed by atoms with van der Waals surface area (Å²) in [5.74, 6) is -0.429. The molecule has 0 N–H and O–H groups in total. The molecule has 0 radical (unpaired) electrons. The second kappa shape index (κ2) is 5.32. The molecule has 2 nitrogen and oxygen atoms in total. The summed E-state index contributed by atoms with van der Waals surface area (Å²) in [5, 5.41) is -0.410. The monoisotopic (exact) mass is 323 g/mol. The molecule has 0 saturated carbocycles. The summed E-state index contributed by atoms with van der Waals surface area (Å²) in [6.07, 6.45) is 0.373. The van der Waals surface area contributed by atoms with Crippen LogP contribution in [0.3, 0.4) is 0 Å². The van der Waals surface area contributed by atoms with Crippen LogP contribution in [0.15, 0.2) is 36.4 Å². The van der Waals surface area contributed by atoms with Crippen LogP contribution in [0.5, 0.6) is 0 Å². The van der Waals surface area contributed by atoms with Crippen molar-refractivity contribution in [2.24, 2.45) is 0 Å². The van der Waals surface area contributed by atoms with Gasteiger partial charge in [0.1, 0.15) is 5.82 Å². The largest absolute Gasteiger partial charge is 0.315 e. The van der Waals surface area contributed by atoms with Gasteiger partial charge in [-0.1, -0.05) is 29.8 Å². The van der Waals surface area contributed by atoms with Gasteiger partial charge in [-0.25, -0.2) is 4.39 Å². The third kappa shape index (κ3) is 2.52. The molecule has 1 aliphatic heterocycles. The van der Waals surface area contributed by atoms with Crippen LogP contribution in [0.1, 0.15) is 22.1 Å². The molecule has 0 saturated heterocycles. The lowest BCUT2D eigenvalue weighted by atomic mass is 10.0. The molecule has 2 aromatic carbocycles. The normalized spacial score (nSPS) is 15.2. The molecular weight excluding hydrogens is 312 g/mol. The molecule has 0 fully saturated rings. The zero-order valence-electron chi connectivity index (χ0n) is 11.2. The number of rotatable bonds is 2. The number of anilines is 1. The van der Waals surface area contributed by atoms with E-state index in [1.54, 1.807) is 18.0 Å². The van der Waals surface area contributed by atoms with E-state index in [1.165, 1.54) is 12.1 Å². The van der Waals surface area contributed by atoms with E-state index in [4.69, 9.17) is 23.2 Å². The SMILES string of the molecule is CN1C(=O)Cc2cc(C(Cl)c3ccc(Cl)c(F)c3)ccc21. The summed E-state index contributed by atoms with van der Waals surface area (Å²) in [5.41, 5.74) is 3.31. The van der Waals surface area contributed by atoms with Gasteiger partial charge < -0.3 is 4.90 Å². The Bertz CT molecular complexity index is 732. The predicted octanol–water partition coefficient (Wildman–Crippen LogP) is 4.33. The molecule has 1 heterocycles. The van der Waals surface area contributed by atoms with Crippen molar-refractivity contribution >= 4 is 34.8 Å². The Morgan fingerprint density at radius 1 is 1.19 bits per heavy atom. The second-order valence-corrected chi connectivity index (χ2v) is 5.90. The quantitative estimate of drug-likeness (QED) is 0.753. The van der Waals surface area contributed by atoms with Crippen LogP contribution in [-0.2, 0) is 11.2 Å². The van der Waals surface area contributed by atoms with Gasteiger partial charge in [0.2, 0.25) is 5.91 Å². The Morgan fingerprint density at radius 2 is 1.86 bits per heavy atom. The molecule has 0 aromatic heterocycles. The van der Waals surface area contributed by atoms with Gasteiger partial charge in [0, 0.05) is 12.7 Å². The number of fused-ring (bicyclic) bond motifs is 1. The van der Waals surface area contributed by atoms with Gasteiger partial charge in [0.25, 0.3) is 0 Å². The second-order valence-electron chi connectivity index (χ2n) is 5.05. The van der Waals surface area contributed by atoms with E-state index in [0.29, 0.717) is 12.0 Å². The van der Waals surface area contributed by atoms with Crippen molar-refractivity contribution in [3.63, 3.8) is 0 Å². The lowest BCUT2D eigenvalue weighted by Crippen LogP contribution is -2.20. The minimum atomic E-state index is -0.490. The number of amides is 1. The number of alkyl halides is 1. The van der Waals surface area contributed by atoms with Crippen molar-refractivity contribution in [3.8, 4) is 0 Å². The average molecular weight is 324 g/mol. The molecular formula is C16H12Cl2FNO. The highest BCUT2D eigenvalue weighted by Gasteiger charge is 2.25. The van der Waals surface area contributed by atoms with E-state index in [2.05, 4.69) is 0 Å². The molecule has 1 unspecified atom stereocenters. The number of benzene rings is 2. The minimum Gasteiger partial charge on any atom is -0.315 e. The molecule has 2 aromatic rings. The zero-order valence-corrected chi connectivity index (χ0v) is 12.7. The van der Waals surface area contributed by atoms with Crippen molar-refractivity contribution in [2.75, 3.05) is 11.9 Å². The van der Waals surface area contributed by atoms with Gasteiger partial charge in [-0.05, 0) is 34.9 Å². The summed E-state index contributed by atoms with van der Waals surface area (Å²) in [4.78, 5) is 13.3. The predicted molar refractivity (Wildman–Crippen MR) is 82.7 cm³/mol. The van der Waals surface area contributed by atoms with E-state index < -0.39 is 11.2 Å². The van der Waals surface area contributed by atoms with Crippen LogP contribution in [0.4, 0.5) is 10.1 Å². The van der Waals surface area contributed by atoms with E-state index in [0.717, 1.165) is 16.8 Å². The molecule has 0 bridgehead atoms. The Kier molecular flexibility index (Phi) is 3.64. The fourth-order valence-corrected chi connectivity index (χ4v) is 2.90. The van der Waals surface area contributed by atoms with Crippen LogP contribution >= 0.6 is 23.2 Å². The first-order valence-electron chi connectivity index (χ1n) is 6.46. The number of hydrogen-bond donors (Lipinski definition) is 0. The molecule has 108 valence electrons. The number of nitrogens with zero attached hydrogens (tertiary/aromatic N) is 1. The van der Waals surface area contributed by atoms with E-state index in [1.807, 2.05) is 18.2 Å². The van der Waals surface area contributed by atoms with E-state index >= 15 is 0 Å². The summed E-state index contributed by atoms with van der Waals surface area (Å²) < 4.78 is 13.5. The number of likely N-dealkylation sites (N-methyl/N-ethyl adjacent to an activating group) is 1. The van der Waals surface area contributed by atoms with Crippen molar-refractivity contribution < 1.29 is 9.18 Å². The third-order valence-corrected chi connectivity index (χ3v) is 4.52. The minimum absolute atomic E-state index is 0.0609. The molecule has 5 heteroatoms. The number of hydrogen-bond acceptors (Lipinski definition) is 1. The maximum atomic E-state index is 13.5. The fraction of sp³-hybridized carbons (Fsp3) is 0.188. The van der Waals surface area contributed by atoms with Crippen LogP contribution in [-0.4, -0.2) is 13.0 Å². The standard InChI is InChI=1S/C16H12Cl2FNO/c1-20-14-5-3-9(6-11(14)8-15(20)21)16(18)10-2-4-12(17)13(19)7-10/h2-7,16H,8H2,1H3. The van der Waals surface area contributed by atoms with Gasteiger partial charge in [-0.3, -0.25) is 4.79 Å². The highest BCUT2D eigenvalue weighted by atomic mass is 35.5. The Balaban J connectivity index is 1.96. The van der Waals surface area contributed by atoms with Crippen molar-refractivity contribution in [2.45, 2.75) is 11.8 Å². The highest BCUT2D eigenvalue weighted by Crippen LogP contribution is 2.35. The van der Waals surface area contributed by atoms with Gasteiger partial charge in [-0.2, -0.15) is 0 Å². The van der Waals surface area contributed by atoms with E-state index in [-0.39, 0.29) is 10.9 Å². The van der Waals surface area contributed by atoms with Crippen LogP contribution in [0.2, 0.25) is 5.02 Å². The topological polar surface area (TPSA) is 20.3 Å². The first-order chi connectivity index (χ1) is 9.97. The number of carbonyl (C=O) groups is 1. The highest BCUT2D eigenvalue weighted by molar-refractivity contribution is 6.30. The first-order valence-corrected chi connectivity index (χ1v) is 7.27.